The number of benzene rings is 1. The van der Waals surface area contributed by atoms with Crippen molar-refractivity contribution >= 4 is 29.0 Å². The predicted octanol–water partition coefficient (Wildman–Crippen LogP) is 4.33. The van der Waals surface area contributed by atoms with Crippen LogP contribution in [0, 0.1) is 5.92 Å². The molecule has 1 amide bonds. The lowest BCUT2D eigenvalue weighted by molar-refractivity contribution is -0.143. The molecule has 0 aliphatic carbocycles. The number of hydrogen-bond donors (Lipinski definition) is 2. The molecule has 3 N–H and O–H groups in total. The van der Waals surface area contributed by atoms with Crippen LogP contribution in [0.2, 0.25) is 0 Å². The molecule has 1 aromatic carbocycles. The number of aliphatic carboxylic acids is 1. The van der Waals surface area contributed by atoms with Crippen LogP contribution in [0.15, 0.2) is 30.3 Å². The molecule has 1 unspecified atom stereocenters. The van der Waals surface area contributed by atoms with Crippen molar-refractivity contribution < 1.29 is 24.2 Å². The summed E-state index contributed by atoms with van der Waals surface area (Å²) in [6.45, 7) is 7.47. The molecule has 1 aliphatic rings. The van der Waals surface area contributed by atoms with Crippen molar-refractivity contribution in [2.45, 2.75) is 57.9 Å². The molecular formula is C26H34N2O5S. The summed E-state index contributed by atoms with van der Waals surface area (Å²) in [6.07, 6.45) is 1.40. The number of carbonyl (C=O) groups is 3. The van der Waals surface area contributed by atoms with Gasteiger partial charge in [-0.1, -0.05) is 26.8 Å². The molecule has 0 saturated carbocycles. The van der Waals surface area contributed by atoms with E-state index in [9.17, 15) is 19.5 Å². The zero-order chi connectivity index (χ0) is 25.0. The topological polar surface area (TPSA) is 110 Å². The van der Waals surface area contributed by atoms with E-state index in [-0.39, 0.29) is 23.5 Å². The minimum atomic E-state index is -0.797. The SMILES string of the molecule is COc1ccc(C(C)(C)C)cc1-c1ccc(C(=O)C(CCC(N)=O)N2CCC(C(=O)O)CC2)s1. The monoisotopic (exact) mass is 486 g/mol. The molecule has 2 aromatic rings. The number of carbonyl (C=O) groups excluding carboxylic acids is 2. The fourth-order valence-corrected chi connectivity index (χ4v) is 5.38. The first-order valence-electron chi connectivity index (χ1n) is 11.6. The van der Waals surface area contributed by atoms with Gasteiger partial charge in [-0.15, -0.1) is 11.3 Å². The van der Waals surface area contributed by atoms with Gasteiger partial charge in [-0.2, -0.15) is 0 Å². The van der Waals surface area contributed by atoms with E-state index in [0.717, 1.165) is 16.2 Å². The van der Waals surface area contributed by atoms with Crippen molar-refractivity contribution in [3.05, 3.63) is 40.8 Å². The van der Waals surface area contributed by atoms with Gasteiger partial charge in [0.05, 0.1) is 23.9 Å². The summed E-state index contributed by atoms with van der Waals surface area (Å²) < 4.78 is 5.59. The fraction of sp³-hybridized carbons (Fsp3) is 0.500. The summed E-state index contributed by atoms with van der Waals surface area (Å²) in [5, 5.41) is 9.29. The number of amides is 1. The van der Waals surface area contributed by atoms with Crippen LogP contribution in [0.1, 0.15) is 61.7 Å². The van der Waals surface area contributed by atoms with E-state index < -0.39 is 17.9 Å². The van der Waals surface area contributed by atoms with Crippen LogP contribution in [0.25, 0.3) is 10.4 Å². The van der Waals surface area contributed by atoms with Crippen LogP contribution in [0.5, 0.6) is 5.75 Å². The first-order valence-corrected chi connectivity index (χ1v) is 12.4. The number of carboxylic acid groups (broad SMARTS) is 1. The van der Waals surface area contributed by atoms with Crippen LogP contribution in [0.4, 0.5) is 0 Å². The molecule has 0 bridgehead atoms. The number of likely N-dealkylation sites (tertiary alicyclic amines) is 1. The number of methoxy groups -OCH3 is 1. The van der Waals surface area contributed by atoms with Crippen molar-refractivity contribution in [1.29, 1.82) is 0 Å². The minimum Gasteiger partial charge on any atom is -0.496 e. The number of nitrogens with zero attached hydrogens (tertiary/aromatic N) is 1. The highest BCUT2D eigenvalue weighted by molar-refractivity contribution is 7.17. The number of Topliss-reactive ketones (excluding diaryl/α,β-unsaturated/α-hetero) is 1. The predicted molar refractivity (Wildman–Crippen MR) is 133 cm³/mol. The lowest BCUT2D eigenvalue weighted by Gasteiger charge is -2.35. The Labute approximate surface area is 204 Å². The first kappa shape index (κ1) is 25.9. The summed E-state index contributed by atoms with van der Waals surface area (Å²) in [5.74, 6) is -0.950. The quantitative estimate of drug-likeness (QED) is 0.511. The second-order valence-corrected chi connectivity index (χ2v) is 10.9. The van der Waals surface area contributed by atoms with Gasteiger partial charge < -0.3 is 15.6 Å². The lowest BCUT2D eigenvalue weighted by atomic mass is 9.86. The summed E-state index contributed by atoms with van der Waals surface area (Å²) in [4.78, 5) is 39.9. The Morgan fingerprint density at radius 2 is 1.85 bits per heavy atom. The number of hydrogen-bond acceptors (Lipinski definition) is 6. The van der Waals surface area contributed by atoms with Crippen molar-refractivity contribution in [2.75, 3.05) is 20.2 Å². The average Bonchev–Trinajstić information content (AvgIpc) is 3.28. The van der Waals surface area contributed by atoms with Crippen LogP contribution >= 0.6 is 11.3 Å². The van der Waals surface area contributed by atoms with E-state index in [4.69, 9.17) is 10.5 Å². The fourth-order valence-electron chi connectivity index (χ4n) is 4.36. The van der Waals surface area contributed by atoms with E-state index in [1.54, 1.807) is 7.11 Å². The summed E-state index contributed by atoms with van der Waals surface area (Å²) in [5.41, 5.74) is 7.46. The molecule has 1 aromatic heterocycles. The number of piperidine rings is 1. The maximum atomic E-state index is 13.6. The minimum absolute atomic E-state index is 0.0289. The third-order valence-electron chi connectivity index (χ3n) is 6.47. The molecule has 184 valence electrons. The van der Waals surface area contributed by atoms with Gasteiger partial charge in [0.15, 0.2) is 5.78 Å². The number of rotatable bonds is 9. The Balaban J connectivity index is 1.87. The van der Waals surface area contributed by atoms with E-state index in [2.05, 4.69) is 32.9 Å². The number of ether oxygens (including phenoxy) is 1. The highest BCUT2D eigenvalue weighted by Gasteiger charge is 2.33. The summed E-state index contributed by atoms with van der Waals surface area (Å²) in [7, 11) is 1.63. The van der Waals surface area contributed by atoms with Gasteiger partial charge in [-0.25, -0.2) is 0 Å². The van der Waals surface area contributed by atoms with Crippen LogP contribution in [0.3, 0.4) is 0 Å². The molecule has 1 aliphatic heterocycles. The van der Waals surface area contributed by atoms with E-state index >= 15 is 0 Å². The molecule has 1 atom stereocenters. The van der Waals surface area contributed by atoms with Gasteiger partial charge >= 0.3 is 5.97 Å². The zero-order valence-electron chi connectivity index (χ0n) is 20.3. The van der Waals surface area contributed by atoms with E-state index in [1.165, 1.54) is 16.9 Å². The normalized spacial score (nSPS) is 16.2. The lowest BCUT2D eigenvalue weighted by Crippen LogP contribution is -2.46. The standard InChI is InChI=1S/C26H34N2O5S/c1-26(2,3)17-5-7-20(33-4)18(15-17)21-8-9-22(34-21)24(30)19(6-10-23(27)29)28-13-11-16(12-14-28)25(31)32/h5,7-9,15-16,19H,6,10-14H2,1-4H3,(H2,27,29)(H,31,32). The zero-order valence-corrected chi connectivity index (χ0v) is 21.1. The van der Waals surface area contributed by atoms with Crippen LogP contribution < -0.4 is 10.5 Å². The van der Waals surface area contributed by atoms with Gasteiger partial charge in [-0.3, -0.25) is 19.3 Å². The molecule has 1 saturated heterocycles. The molecule has 7 nitrogen and oxygen atoms in total. The number of carboxylic acids is 1. The van der Waals surface area contributed by atoms with Crippen molar-refractivity contribution in [1.82, 2.24) is 4.90 Å². The molecule has 0 spiro atoms. The van der Waals surface area contributed by atoms with Gasteiger partial charge in [0, 0.05) is 16.9 Å². The smallest absolute Gasteiger partial charge is 0.306 e. The van der Waals surface area contributed by atoms with Crippen LogP contribution in [-0.2, 0) is 15.0 Å². The van der Waals surface area contributed by atoms with E-state index in [1.807, 2.05) is 23.1 Å². The molecule has 34 heavy (non-hydrogen) atoms. The number of thiophene rings is 1. The number of primary amides is 1. The average molecular weight is 487 g/mol. The number of nitrogens with two attached hydrogens (primary N) is 1. The molecule has 1 fully saturated rings. The van der Waals surface area contributed by atoms with Gasteiger partial charge in [0.2, 0.25) is 5.91 Å². The molecule has 2 heterocycles. The summed E-state index contributed by atoms with van der Waals surface area (Å²) >= 11 is 1.41. The van der Waals surface area contributed by atoms with Gasteiger partial charge in [0.1, 0.15) is 5.75 Å². The third kappa shape index (κ3) is 6.04. The Hall–Kier alpha value is -2.71. The number of ketones is 1. The largest absolute Gasteiger partial charge is 0.496 e. The maximum absolute atomic E-state index is 13.6. The first-order chi connectivity index (χ1) is 16.0. The second-order valence-electron chi connectivity index (χ2n) is 9.86. The molecule has 0 radical (unpaired) electrons. The Bertz CT molecular complexity index is 1050. The molecule has 3 rings (SSSR count). The molecule has 8 heteroatoms. The highest BCUT2D eigenvalue weighted by Crippen LogP contribution is 2.39. The van der Waals surface area contributed by atoms with Crippen molar-refractivity contribution in [3.63, 3.8) is 0 Å². The van der Waals surface area contributed by atoms with Gasteiger partial charge in [0.25, 0.3) is 0 Å². The van der Waals surface area contributed by atoms with Crippen LogP contribution in [-0.4, -0.2) is 53.9 Å². The second kappa shape index (κ2) is 10.7. The van der Waals surface area contributed by atoms with Crippen molar-refractivity contribution in [2.24, 2.45) is 11.7 Å². The third-order valence-corrected chi connectivity index (χ3v) is 7.60. The Kier molecular flexibility index (Phi) is 8.15. The summed E-state index contributed by atoms with van der Waals surface area (Å²) in [6, 6.07) is 9.38. The maximum Gasteiger partial charge on any atom is 0.306 e. The molecular weight excluding hydrogens is 452 g/mol. The van der Waals surface area contributed by atoms with E-state index in [0.29, 0.717) is 37.2 Å². The Morgan fingerprint density at radius 1 is 1.18 bits per heavy atom. The highest BCUT2D eigenvalue weighted by atomic mass is 32.1. The van der Waals surface area contributed by atoms with Crippen molar-refractivity contribution in [3.8, 4) is 16.2 Å². The van der Waals surface area contributed by atoms with Gasteiger partial charge in [-0.05, 0) is 67.6 Å². The Morgan fingerprint density at radius 3 is 2.41 bits per heavy atom.